The largest absolute Gasteiger partial charge is 0.485 e. The van der Waals surface area contributed by atoms with Crippen LogP contribution in [0.5, 0.6) is 5.75 Å². The Hall–Kier alpha value is -1.95. The summed E-state index contributed by atoms with van der Waals surface area (Å²) in [7, 11) is 0. The molecule has 0 radical (unpaired) electrons. The quantitative estimate of drug-likeness (QED) is 0.910. The fourth-order valence-corrected chi connectivity index (χ4v) is 1.94. The molecule has 0 saturated heterocycles. The summed E-state index contributed by atoms with van der Waals surface area (Å²) in [6, 6.07) is 4.03. The van der Waals surface area contributed by atoms with Gasteiger partial charge < -0.3 is 14.4 Å². The maximum Gasteiger partial charge on any atom is 0.229 e. The lowest BCUT2D eigenvalue weighted by molar-refractivity contribution is 0.188. The van der Waals surface area contributed by atoms with Crippen molar-refractivity contribution in [3.8, 4) is 5.75 Å². The zero-order valence-corrected chi connectivity index (χ0v) is 11.0. The summed E-state index contributed by atoms with van der Waals surface area (Å²) in [6.07, 6.45) is 1.37. The van der Waals surface area contributed by atoms with E-state index in [1.807, 2.05) is 0 Å². The minimum atomic E-state index is -0.812. The molecule has 1 aromatic heterocycles. The van der Waals surface area contributed by atoms with Gasteiger partial charge in [0.1, 0.15) is 11.6 Å². The first-order valence-corrected chi connectivity index (χ1v) is 6.56. The summed E-state index contributed by atoms with van der Waals surface area (Å²) >= 11 is 0. The zero-order chi connectivity index (χ0) is 14.1. The molecule has 2 aromatic rings. The van der Waals surface area contributed by atoms with Crippen molar-refractivity contribution in [2.75, 3.05) is 0 Å². The van der Waals surface area contributed by atoms with Crippen LogP contribution in [0.4, 0.5) is 4.39 Å². The zero-order valence-electron chi connectivity index (χ0n) is 11.0. The van der Waals surface area contributed by atoms with Crippen LogP contribution in [0.2, 0.25) is 0 Å². The first-order chi connectivity index (χ1) is 9.63. The van der Waals surface area contributed by atoms with E-state index in [0.717, 1.165) is 12.8 Å². The predicted octanol–water partition coefficient (Wildman–Crippen LogP) is 2.72. The van der Waals surface area contributed by atoms with Crippen molar-refractivity contribution in [2.24, 2.45) is 0 Å². The van der Waals surface area contributed by atoms with Crippen LogP contribution < -0.4 is 4.74 Å². The van der Waals surface area contributed by atoms with Gasteiger partial charge in [0.25, 0.3) is 0 Å². The van der Waals surface area contributed by atoms with Crippen molar-refractivity contribution < 1.29 is 18.8 Å². The number of ether oxygens (including phenoxy) is 1. The van der Waals surface area contributed by atoms with E-state index in [4.69, 9.17) is 9.26 Å². The second-order valence-corrected chi connectivity index (χ2v) is 4.97. The van der Waals surface area contributed by atoms with E-state index in [-0.39, 0.29) is 6.61 Å². The van der Waals surface area contributed by atoms with Crippen LogP contribution in [-0.2, 0) is 6.61 Å². The number of aromatic nitrogens is 2. The number of nitrogens with zero attached hydrogens (tertiary/aromatic N) is 2. The molecule has 0 bridgehead atoms. The number of benzene rings is 1. The third kappa shape index (κ3) is 2.80. The van der Waals surface area contributed by atoms with Crippen LogP contribution in [0.3, 0.4) is 0 Å². The van der Waals surface area contributed by atoms with E-state index in [1.165, 1.54) is 18.2 Å². The minimum absolute atomic E-state index is 0.127. The van der Waals surface area contributed by atoms with Gasteiger partial charge in [0.05, 0.1) is 6.10 Å². The van der Waals surface area contributed by atoms with Crippen LogP contribution in [0.25, 0.3) is 0 Å². The summed E-state index contributed by atoms with van der Waals surface area (Å²) in [6.45, 7) is 1.68. The normalized spacial score (nSPS) is 16.1. The summed E-state index contributed by atoms with van der Waals surface area (Å²) in [4.78, 5) is 4.24. The van der Waals surface area contributed by atoms with Gasteiger partial charge in [-0.3, -0.25) is 0 Å². The Bertz CT molecular complexity index is 608. The van der Waals surface area contributed by atoms with Gasteiger partial charge in [0.2, 0.25) is 11.7 Å². The van der Waals surface area contributed by atoms with Crippen molar-refractivity contribution in [1.82, 2.24) is 10.1 Å². The van der Waals surface area contributed by atoms with Crippen molar-refractivity contribution in [3.63, 3.8) is 0 Å². The third-order valence-electron chi connectivity index (χ3n) is 3.19. The summed E-state index contributed by atoms with van der Waals surface area (Å²) in [5.74, 6) is 1.50. The standard InChI is InChI=1S/C14H15FN2O3/c1-8(18)11-6-10(15)4-5-12(11)19-7-13-16-14(20-17-13)9-2-3-9/h4-6,8-9,18H,2-3,7H2,1H3/t8-/m1/s1. The maximum absolute atomic E-state index is 13.2. The Labute approximate surface area is 115 Å². The minimum Gasteiger partial charge on any atom is -0.485 e. The highest BCUT2D eigenvalue weighted by atomic mass is 19.1. The average molecular weight is 278 g/mol. The van der Waals surface area contributed by atoms with Gasteiger partial charge in [0.15, 0.2) is 6.61 Å². The van der Waals surface area contributed by atoms with Crippen molar-refractivity contribution in [2.45, 2.75) is 38.4 Å². The summed E-state index contributed by atoms with van der Waals surface area (Å²) in [5, 5.41) is 13.5. The van der Waals surface area contributed by atoms with E-state index >= 15 is 0 Å². The molecule has 1 N–H and O–H groups in total. The average Bonchev–Trinajstić information content (AvgIpc) is 3.17. The van der Waals surface area contributed by atoms with Gasteiger partial charge in [-0.15, -0.1) is 0 Å². The molecule has 1 aliphatic rings. The number of hydrogen-bond acceptors (Lipinski definition) is 5. The molecule has 1 heterocycles. The number of halogens is 1. The van der Waals surface area contributed by atoms with Gasteiger partial charge in [-0.1, -0.05) is 5.16 Å². The molecule has 6 heteroatoms. The molecule has 0 unspecified atom stereocenters. The Morgan fingerprint density at radius 2 is 2.30 bits per heavy atom. The van der Waals surface area contributed by atoms with E-state index in [0.29, 0.717) is 28.9 Å². The molecule has 1 saturated carbocycles. The van der Waals surface area contributed by atoms with E-state index < -0.39 is 11.9 Å². The molecule has 5 nitrogen and oxygen atoms in total. The van der Waals surface area contributed by atoms with Gasteiger partial charge in [-0.25, -0.2) is 4.39 Å². The predicted molar refractivity (Wildman–Crippen MR) is 67.6 cm³/mol. The fourth-order valence-electron chi connectivity index (χ4n) is 1.94. The molecule has 0 spiro atoms. The SMILES string of the molecule is C[C@@H](O)c1cc(F)ccc1OCc1noc(C2CC2)n1. The molecule has 0 amide bonds. The Morgan fingerprint density at radius 1 is 1.50 bits per heavy atom. The molecule has 3 rings (SSSR count). The van der Waals surface area contributed by atoms with Gasteiger partial charge in [0, 0.05) is 11.5 Å². The third-order valence-corrected chi connectivity index (χ3v) is 3.19. The monoisotopic (exact) mass is 278 g/mol. The number of aliphatic hydroxyl groups excluding tert-OH is 1. The van der Waals surface area contributed by atoms with Gasteiger partial charge in [-0.05, 0) is 38.0 Å². The number of aliphatic hydroxyl groups is 1. The van der Waals surface area contributed by atoms with Crippen LogP contribution in [0, 0.1) is 5.82 Å². The number of hydrogen-bond donors (Lipinski definition) is 1. The second-order valence-electron chi connectivity index (χ2n) is 4.97. The molecule has 0 aliphatic heterocycles. The molecule has 1 atom stereocenters. The molecular formula is C14H15FN2O3. The highest BCUT2D eigenvalue weighted by Gasteiger charge is 2.29. The summed E-state index contributed by atoms with van der Waals surface area (Å²) in [5.41, 5.74) is 0.399. The Kier molecular flexibility index (Phi) is 3.40. The van der Waals surface area contributed by atoms with E-state index in [2.05, 4.69) is 10.1 Å². The Morgan fingerprint density at radius 3 is 3.00 bits per heavy atom. The lowest BCUT2D eigenvalue weighted by Gasteiger charge is -2.12. The van der Waals surface area contributed by atoms with Crippen LogP contribution in [0.1, 0.15) is 49.1 Å². The van der Waals surface area contributed by atoms with E-state index in [9.17, 15) is 9.50 Å². The Balaban J connectivity index is 1.70. The lowest BCUT2D eigenvalue weighted by Crippen LogP contribution is -2.03. The number of rotatable bonds is 5. The molecule has 1 fully saturated rings. The van der Waals surface area contributed by atoms with Crippen molar-refractivity contribution in [3.05, 3.63) is 41.3 Å². The first-order valence-electron chi connectivity index (χ1n) is 6.56. The molecule has 1 aromatic carbocycles. The topological polar surface area (TPSA) is 68.4 Å². The second kappa shape index (κ2) is 5.20. The van der Waals surface area contributed by atoms with Gasteiger partial charge in [-0.2, -0.15) is 4.98 Å². The molecule has 20 heavy (non-hydrogen) atoms. The smallest absolute Gasteiger partial charge is 0.229 e. The maximum atomic E-state index is 13.2. The van der Waals surface area contributed by atoms with Crippen molar-refractivity contribution in [1.29, 1.82) is 0 Å². The van der Waals surface area contributed by atoms with Crippen LogP contribution in [-0.4, -0.2) is 15.2 Å². The molecule has 1 aliphatic carbocycles. The van der Waals surface area contributed by atoms with Crippen LogP contribution >= 0.6 is 0 Å². The molecule has 106 valence electrons. The highest BCUT2D eigenvalue weighted by molar-refractivity contribution is 5.35. The van der Waals surface area contributed by atoms with Crippen molar-refractivity contribution >= 4 is 0 Å². The summed E-state index contributed by atoms with van der Waals surface area (Å²) < 4.78 is 23.8. The van der Waals surface area contributed by atoms with Crippen LogP contribution in [0.15, 0.2) is 22.7 Å². The lowest BCUT2D eigenvalue weighted by atomic mass is 10.1. The first kappa shape index (κ1) is 13.1. The fraction of sp³-hybridized carbons (Fsp3) is 0.429. The molecular weight excluding hydrogens is 263 g/mol. The van der Waals surface area contributed by atoms with Gasteiger partial charge >= 0.3 is 0 Å². The highest BCUT2D eigenvalue weighted by Crippen LogP contribution is 2.38. The van der Waals surface area contributed by atoms with E-state index in [1.54, 1.807) is 6.92 Å².